The third kappa shape index (κ3) is 2.77. The fourth-order valence-corrected chi connectivity index (χ4v) is 2.05. The average molecular weight is 210 g/mol. The number of carbonyl (C=O) groups is 1. The van der Waals surface area contributed by atoms with Crippen LogP contribution >= 0.6 is 11.8 Å². The lowest BCUT2D eigenvalue weighted by Crippen LogP contribution is -2.11. The SMILES string of the molecule is Cc1ccc(SC(C)C(=O)O)c(C)c1. The van der Waals surface area contributed by atoms with Gasteiger partial charge in [-0.15, -0.1) is 11.8 Å². The summed E-state index contributed by atoms with van der Waals surface area (Å²) in [4.78, 5) is 11.7. The highest BCUT2D eigenvalue weighted by Gasteiger charge is 2.13. The zero-order valence-corrected chi connectivity index (χ0v) is 9.39. The van der Waals surface area contributed by atoms with E-state index in [2.05, 4.69) is 6.07 Å². The smallest absolute Gasteiger partial charge is 0.316 e. The largest absolute Gasteiger partial charge is 0.480 e. The number of aryl methyl sites for hydroxylation is 2. The van der Waals surface area contributed by atoms with E-state index in [0.717, 1.165) is 10.5 Å². The zero-order chi connectivity index (χ0) is 10.7. The summed E-state index contributed by atoms with van der Waals surface area (Å²) in [6.07, 6.45) is 0. The standard InChI is InChI=1S/C11H14O2S/c1-7-4-5-10(8(2)6-7)14-9(3)11(12)13/h4-6,9H,1-3H3,(H,12,13). The van der Waals surface area contributed by atoms with Crippen molar-refractivity contribution in [1.29, 1.82) is 0 Å². The summed E-state index contributed by atoms with van der Waals surface area (Å²) >= 11 is 1.39. The van der Waals surface area contributed by atoms with Gasteiger partial charge in [-0.2, -0.15) is 0 Å². The summed E-state index contributed by atoms with van der Waals surface area (Å²) in [6, 6.07) is 6.05. The number of carboxylic acids is 1. The van der Waals surface area contributed by atoms with Gasteiger partial charge in [0, 0.05) is 4.90 Å². The first kappa shape index (κ1) is 11.1. The van der Waals surface area contributed by atoms with Gasteiger partial charge in [-0.1, -0.05) is 17.7 Å². The van der Waals surface area contributed by atoms with Crippen LogP contribution in [0.25, 0.3) is 0 Å². The van der Waals surface area contributed by atoms with Crippen LogP contribution in [0.2, 0.25) is 0 Å². The third-order valence-corrected chi connectivity index (χ3v) is 3.25. The third-order valence-electron chi connectivity index (χ3n) is 1.98. The second-order valence-corrected chi connectivity index (χ2v) is 4.75. The minimum Gasteiger partial charge on any atom is -0.480 e. The van der Waals surface area contributed by atoms with Crippen LogP contribution in [0.4, 0.5) is 0 Å². The molecule has 1 atom stereocenters. The molecule has 0 saturated carbocycles. The first-order valence-corrected chi connectivity index (χ1v) is 5.35. The summed E-state index contributed by atoms with van der Waals surface area (Å²) in [5.41, 5.74) is 2.35. The van der Waals surface area contributed by atoms with E-state index >= 15 is 0 Å². The van der Waals surface area contributed by atoms with Crippen molar-refractivity contribution in [3.05, 3.63) is 29.3 Å². The molecule has 0 aliphatic carbocycles. The molecule has 0 bridgehead atoms. The van der Waals surface area contributed by atoms with Gasteiger partial charge in [0.1, 0.15) is 5.25 Å². The summed E-state index contributed by atoms with van der Waals surface area (Å²) in [6.45, 7) is 5.73. The van der Waals surface area contributed by atoms with Crippen LogP contribution in [0.1, 0.15) is 18.1 Å². The Balaban J connectivity index is 2.82. The molecular weight excluding hydrogens is 196 g/mol. The highest BCUT2D eigenvalue weighted by atomic mass is 32.2. The van der Waals surface area contributed by atoms with E-state index in [0.29, 0.717) is 0 Å². The summed E-state index contributed by atoms with van der Waals surface area (Å²) in [7, 11) is 0. The first-order chi connectivity index (χ1) is 6.50. The van der Waals surface area contributed by atoms with Crippen LogP contribution in [0.5, 0.6) is 0 Å². The van der Waals surface area contributed by atoms with E-state index in [9.17, 15) is 4.79 Å². The molecule has 1 aromatic rings. The van der Waals surface area contributed by atoms with Crippen molar-refractivity contribution in [2.75, 3.05) is 0 Å². The number of aliphatic carboxylic acids is 1. The molecule has 1 unspecified atom stereocenters. The first-order valence-electron chi connectivity index (χ1n) is 4.47. The minimum absolute atomic E-state index is 0.392. The van der Waals surface area contributed by atoms with E-state index in [4.69, 9.17) is 5.11 Å². The van der Waals surface area contributed by atoms with Crippen LogP contribution in [0.15, 0.2) is 23.1 Å². The van der Waals surface area contributed by atoms with Gasteiger partial charge in [-0.05, 0) is 32.4 Å². The molecule has 0 heterocycles. The maximum absolute atomic E-state index is 10.7. The molecule has 14 heavy (non-hydrogen) atoms. The molecule has 0 aliphatic heterocycles. The molecule has 2 nitrogen and oxygen atoms in total. The Hall–Kier alpha value is -0.960. The molecule has 0 spiro atoms. The molecule has 0 amide bonds. The minimum atomic E-state index is -0.769. The fourth-order valence-electron chi connectivity index (χ4n) is 1.17. The molecule has 1 N–H and O–H groups in total. The molecule has 0 fully saturated rings. The Morgan fingerprint density at radius 1 is 1.43 bits per heavy atom. The molecular formula is C11H14O2S. The average Bonchev–Trinajstić information content (AvgIpc) is 2.09. The van der Waals surface area contributed by atoms with E-state index in [-0.39, 0.29) is 0 Å². The summed E-state index contributed by atoms with van der Waals surface area (Å²) < 4.78 is 0. The maximum Gasteiger partial charge on any atom is 0.316 e. The van der Waals surface area contributed by atoms with Gasteiger partial charge >= 0.3 is 5.97 Å². The molecule has 3 heteroatoms. The van der Waals surface area contributed by atoms with Gasteiger partial charge in [0.2, 0.25) is 0 Å². The predicted octanol–water partition coefficient (Wildman–Crippen LogP) is 2.87. The van der Waals surface area contributed by atoms with Gasteiger partial charge in [0.05, 0.1) is 0 Å². The van der Waals surface area contributed by atoms with Gasteiger partial charge in [-0.25, -0.2) is 0 Å². The quantitative estimate of drug-likeness (QED) is 0.779. The van der Waals surface area contributed by atoms with Crippen LogP contribution in [0, 0.1) is 13.8 Å². The molecule has 1 aromatic carbocycles. The van der Waals surface area contributed by atoms with Crippen molar-refractivity contribution >= 4 is 17.7 Å². The van der Waals surface area contributed by atoms with E-state index in [1.807, 2.05) is 26.0 Å². The highest BCUT2D eigenvalue weighted by molar-refractivity contribution is 8.00. The van der Waals surface area contributed by atoms with Crippen LogP contribution in [0.3, 0.4) is 0 Å². The lowest BCUT2D eigenvalue weighted by Gasteiger charge is -2.09. The van der Waals surface area contributed by atoms with Gasteiger partial charge in [0.25, 0.3) is 0 Å². The van der Waals surface area contributed by atoms with Crippen molar-refractivity contribution in [2.45, 2.75) is 30.9 Å². The Labute approximate surface area is 88.3 Å². The van der Waals surface area contributed by atoms with E-state index in [1.165, 1.54) is 17.3 Å². The second-order valence-electron chi connectivity index (χ2n) is 3.37. The summed E-state index contributed by atoms with van der Waals surface area (Å²) in [5, 5.41) is 8.38. The molecule has 0 radical (unpaired) electrons. The van der Waals surface area contributed by atoms with E-state index in [1.54, 1.807) is 6.92 Å². The predicted molar refractivity (Wildman–Crippen MR) is 58.9 cm³/mol. The molecule has 0 aromatic heterocycles. The monoisotopic (exact) mass is 210 g/mol. The number of benzene rings is 1. The topological polar surface area (TPSA) is 37.3 Å². The Morgan fingerprint density at radius 3 is 2.57 bits per heavy atom. The number of hydrogen-bond donors (Lipinski definition) is 1. The number of carboxylic acid groups (broad SMARTS) is 1. The van der Waals surface area contributed by atoms with Gasteiger partial charge in [0.15, 0.2) is 0 Å². The second kappa shape index (κ2) is 4.51. The number of hydrogen-bond acceptors (Lipinski definition) is 2. The van der Waals surface area contributed by atoms with Gasteiger partial charge < -0.3 is 5.11 Å². The van der Waals surface area contributed by atoms with Crippen LogP contribution < -0.4 is 0 Å². The maximum atomic E-state index is 10.7. The van der Waals surface area contributed by atoms with E-state index < -0.39 is 11.2 Å². The Kier molecular flexibility index (Phi) is 3.58. The van der Waals surface area contributed by atoms with Crippen LogP contribution in [-0.2, 0) is 4.79 Å². The lowest BCUT2D eigenvalue weighted by molar-refractivity contribution is -0.136. The molecule has 0 saturated heterocycles. The van der Waals surface area contributed by atoms with Crippen molar-refractivity contribution < 1.29 is 9.90 Å². The van der Waals surface area contributed by atoms with Crippen molar-refractivity contribution in [3.63, 3.8) is 0 Å². The lowest BCUT2D eigenvalue weighted by atomic mass is 10.2. The van der Waals surface area contributed by atoms with Gasteiger partial charge in [-0.3, -0.25) is 4.79 Å². The fraction of sp³-hybridized carbons (Fsp3) is 0.364. The van der Waals surface area contributed by atoms with Crippen LogP contribution in [-0.4, -0.2) is 16.3 Å². The number of rotatable bonds is 3. The summed E-state index contributed by atoms with van der Waals surface area (Å²) in [5.74, 6) is -0.769. The highest BCUT2D eigenvalue weighted by Crippen LogP contribution is 2.27. The Bertz CT molecular complexity index is 347. The number of thioether (sulfide) groups is 1. The van der Waals surface area contributed by atoms with Crippen molar-refractivity contribution in [3.8, 4) is 0 Å². The normalized spacial score (nSPS) is 12.5. The van der Waals surface area contributed by atoms with Crippen molar-refractivity contribution in [2.24, 2.45) is 0 Å². The van der Waals surface area contributed by atoms with Crippen molar-refractivity contribution in [1.82, 2.24) is 0 Å². The molecule has 0 aliphatic rings. The zero-order valence-electron chi connectivity index (χ0n) is 8.57. The molecule has 1 rings (SSSR count). The molecule has 76 valence electrons. The Morgan fingerprint density at radius 2 is 2.07 bits per heavy atom.